The summed E-state index contributed by atoms with van der Waals surface area (Å²) in [5, 5.41) is 0. The molecule has 0 aromatic rings. The summed E-state index contributed by atoms with van der Waals surface area (Å²) >= 11 is 2.56. The lowest BCUT2D eigenvalue weighted by atomic mass is 9.36. The van der Waals surface area contributed by atoms with E-state index in [1.54, 1.807) is 0 Å². The molecule has 0 heterocycles. The lowest BCUT2D eigenvalue weighted by molar-refractivity contribution is -0.192. The van der Waals surface area contributed by atoms with Crippen LogP contribution < -0.4 is 0 Å². The summed E-state index contributed by atoms with van der Waals surface area (Å²) in [6.07, 6.45) is 8.79. The Hall–Kier alpha value is 0.730. The van der Waals surface area contributed by atoms with Crippen LogP contribution in [0.1, 0.15) is 87.0 Å². The van der Waals surface area contributed by atoms with E-state index in [-0.39, 0.29) is 0 Å². The number of hydrogen-bond acceptors (Lipinski definition) is 0. The summed E-state index contributed by atoms with van der Waals surface area (Å²) in [5.41, 5.74) is 1.82. The highest BCUT2D eigenvalue weighted by atomic mass is 127. The number of halogens is 1. The first kappa shape index (κ1) is 19.1. The van der Waals surface area contributed by atoms with E-state index in [9.17, 15) is 0 Å². The highest BCUT2D eigenvalue weighted by Crippen LogP contribution is 2.70. The number of hydrogen-bond donors (Lipinski definition) is 0. The third-order valence-corrected chi connectivity index (χ3v) is 10.0. The molecule has 2 aliphatic rings. The van der Waals surface area contributed by atoms with Crippen molar-refractivity contribution in [2.24, 2.45) is 39.9 Å². The Morgan fingerprint density at radius 3 is 2.14 bits per heavy atom. The summed E-state index contributed by atoms with van der Waals surface area (Å²) in [6, 6.07) is 0. The van der Waals surface area contributed by atoms with Gasteiger partial charge in [-0.3, -0.25) is 0 Å². The standard InChI is InChI=1S/C21H39I/c1-8-21(20(7)15(2)11-16(20)3)12-18(13-21)9-10-19(5,6)17(4)14-22/h15-18H,8-14H2,1-7H3. The molecule has 22 heavy (non-hydrogen) atoms. The summed E-state index contributed by atoms with van der Waals surface area (Å²) in [6.45, 7) is 17.5. The zero-order valence-corrected chi connectivity index (χ0v) is 18.3. The van der Waals surface area contributed by atoms with Crippen molar-refractivity contribution >= 4 is 22.6 Å². The van der Waals surface area contributed by atoms with Crippen molar-refractivity contribution < 1.29 is 0 Å². The van der Waals surface area contributed by atoms with Crippen molar-refractivity contribution in [2.45, 2.75) is 87.0 Å². The van der Waals surface area contributed by atoms with Crippen molar-refractivity contribution in [3.8, 4) is 0 Å². The monoisotopic (exact) mass is 418 g/mol. The number of alkyl halides is 1. The van der Waals surface area contributed by atoms with E-state index in [1.165, 1.54) is 43.0 Å². The molecule has 2 fully saturated rings. The van der Waals surface area contributed by atoms with Gasteiger partial charge < -0.3 is 0 Å². The summed E-state index contributed by atoms with van der Waals surface area (Å²) in [7, 11) is 0. The van der Waals surface area contributed by atoms with Crippen molar-refractivity contribution in [1.82, 2.24) is 0 Å². The maximum atomic E-state index is 2.62. The van der Waals surface area contributed by atoms with Crippen LogP contribution in [-0.2, 0) is 0 Å². The zero-order valence-electron chi connectivity index (χ0n) is 16.1. The fourth-order valence-electron chi connectivity index (χ4n) is 5.78. The highest BCUT2D eigenvalue weighted by Gasteiger charge is 2.62. The van der Waals surface area contributed by atoms with Gasteiger partial charge in [0.2, 0.25) is 0 Å². The summed E-state index contributed by atoms with van der Waals surface area (Å²) in [4.78, 5) is 0. The molecular weight excluding hydrogens is 379 g/mol. The lowest BCUT2D eigenvalue weighted by Gasteiger charge is -2.68. The molecule has 0 nitrogen and oxygen atoms in total. The minimum absolute atomic E-state index is 0.520. The fourth-order valence-corrected chi connectivity index (χ4v) is 6.97. The van der Waals surface area contributed by atoms with Gasteiger partial charge in [0.1, 0.15) is 0 Å². The van der Waals surface area contributed by atoms with E-state index in [1.807, 2.05) is 0 Å². The first-order valence-corrected chi connectivity index (χ1v) is 11.2. The normalized spacial score (nSPS) is 43.4. The van der Waals surface area contributed by atoms with Crippen LogP contribution in [0.2, 0.25) is 0 Å². The van der Waals surface area contributed by atoms with E-state index >= 15 is 0 Å². The van der Waals surface area contributed by atoms with Crippen LogP contribution in [0, 0.1) is 39.9 Å². The van der Waals surface area contributed by atoms with Crippen molar-refractivity contribution in [3.63, 3.8) is 0 Å². The molecule has 0 aromatic heterocycles. The average molecular weight is 418 g/mol. The van der Waals surface area contributed by atoms with Gasteiger partial charge in [-0.2, -0.15) is 0 Å². The number of rotatable bonds is 7. The van der Waals surface area contributed by atoms with Gasteiger partial charge in [0, 0.05) is 4.43 Å². The molecule has 0 bridgehead atoms. The highest BCUT2D eigenvalue weighted by molar-refractivity contribution is 14.1. The van der Waals surface area contributed by atoms with E-state index in [0.717, 1.165) is 23.7 Å². The Morgan fingerprint density at radius 2 is 1.73 bits per heavy atom. The molecule has 2 aliphatic carbocycles. The Kier molecular flexibility index (Phi) is 5.68. The maximum Gasteiger partial charge on any atom is 0.00261 e. The van der Waals surface area contributed by atoms with Crippen LogP contribution in [0.15, 0.2) is 0 Å². The quantitative estimate of drug-likeness (QED) is 0.299. The second kappa shape index (κ2) is 6.56. The van der Waals surface area contributed by atoms with Crippen molar-refractivity contribution in [3.05, 3.63) is 0 Å². The topological polar surface area (TPSA) is 0 Å². The predicted molar refractivity (Wildman–Crippen MR) is 108 cm³/mol. The van der Waals surface area contributed by atoms with E-state index < -0.39 is 0 Å². The largest absolute Gasteiger partial charge is 0.0861 e. The van der Waals surface area contributed by atoms with Crippen molar-refractivity contribution in [1.29, 1.82) is 0 Å². The van der Waals surface area contributed by atoms with E-state index in [0.29, 0.717) is 16.2 Å². The van der Waals surface area contributed by atoms with Gasteiger partial charge in [-0.15, -0.1) is 0 Å². The van der Waals surface area contributed by atoms with Gasteiger partial charge in [0.25, 0.3) is 0 Å². The molecule has 0 amide bonds. The lowest BCUT2D eigenvalue weighted by Crippen LogP contribution is -2.60. The van der Waals surface area contributed by atoms with Crippen molar-refractivity contribution in [2.75, 3.05) is 4.43 Å². The summed E-state index contributed by atoms with van der Waals surface area (Å²) in [5.74, 6) is 3.74. The van der Waals surface area contributed by atoms with Gasteiger partial charge in [-0.05, 0) is 78.4 Å². The molecule has 0 aromatic carbocycles. The zero-order chi connectivity index (χ0) is 16.8. The summed E-state index contributed by atoms with van der Waals surface area (Å²) < 4.78 is 1.29. The van der Waals surface area contributed by atoms with Gasteiger partial charge in [0.05, 0.1) is 0 Å². The Labute approximate surface area is 153 Å². The van der Waals surface area contributed by atoms with Crippen LogP contribution in [0.5, 0.6) is 0 Å². The predicted octanol–water partition coefficient (Wildman–Crippen LogP) is 7.35. The molecular formula is C21H39I. The smallest absolute Gasteiger partial charge is 0.00261 e. The minimum Gasteiger partial charge on any atom is -0.0861 e. The molecule has 0 aliphatic heterocycles. The van der Waals surface area contributed by atoms with Gasteiger partial charge >= 0.3 is 0 Å². The van der Waals surface area contributed by atoms with Crippen LogP contribution in [0.25, 0.3) is 0 Å². The van der Waals surface area contributed by atoms with Crippen LogP contribution >= 0.6 is 22.6 Å². The molecule has 130 valence electrons. The van der Waals surface area contributed by atoms with Crippen LogP contribution in [0.4, 0.5) is 0 Å². The molecule has 0 N–H and O–H groups in total. The van der Waals surface area contributed by atoms with E-state index in [2.05, 4.69) is 71.1 Å². The Bertz CT molecular complexity index is 369. The van der Waals surface area contributed by atoms with E-state index in [4.69, 9.17) is 0 Å². The second-order valence-corrected chi connectivity index (χ2v) is 10.7. The first-order chi connectivity index (χ1) is 10.1. The molecule has 1 heteroatoms. The molecule has 0 spiro atoms. The van der Waals surface area contributed by atoms with Gasteiger partial charge in [0.15, 0.2) is 0 Å². The Balaban J connectivity index is 1.90. The molecule has 3 unspecified atom stereocenters. The van der Waals surface area contributed by atoms with Gasteiger partial charge in [-0.25, -0.2) is 0 Å². The fraction of sp³-hybridized carbons (Fsp3) is 1.00. The first-order valence-electron chi connectivity index (χ1n) is 9.69. The Morgan fingerprint density at radius 1 is 1.18 bits per heavy atom. The molecule has 2 saturated carbocycles. The third kappa shape index (κ3) is 2.90. The SMILES string of the molecule is CCC1(C2(C)C(C)CC2C)CC(CCC(C)(C)C(C)CI)C1. The molecule has 2 rings (SSSR count). The molecule has 0 radical (unpaired) electrons. The van der Waals surface area contributed by atoms with Crippen LogP contribution in [0.3, 0.4) is 0 Å². The van der Waals surface area contributed by atoms with Crippen LogP contribution in [-0.4, -0.2) is 4.43 Å². The average Bonchev–Trinajstić information content (AvgIpc) is 2.45. The second-order valence-electron chi connectivity index (χ2n) is 9.81. The minimum atomic E-state index is 0.520. The molecule has 0 saturated heterocycles. The molecule has 3 atom stereocenters. The maximum absolute atomic E-state index is 2.62. The van der Waals surface area contributed by atoms with Gasteiger partial charge in [-0.1, -0.05) is 71.1 Å². The third-order valence-electron chi connectivity index (χ3n) is 8.70.